The minimum absolute atomic E-state index is 0.0863. The maximum absolute atomic E-state index is 12.0. The number of rotatable bonds is 5. The van der Waals surface area contributed by atoms with Crippen molar-refractivity contribution in [3.63, 3.8) is 0 Å². The number of nitro benzene ring substituents is 1. The van der Waals surface area contributed by atoms with E-state index in [1.165, 1.54) is 24.5 Å². The van der Waals surface area contributed by atoms with Crippen LogP contribution in [0.25, 0.3) is 11.3 Å². The first-order valence-corrected chi connectivity index (χ1v) is 8.30. The number of ether oxygens (including phenoxy) is 1. The first kappa shape index (κ1) is 16.8. The molecular formula is C17H15N3O4S. The lowest BCUT2D eigenvalue weighted by atomic mass is 10.1. The summed E-state index contributed by atoms with van der Waals surface area (Å²) in [4.78, 5) is 27.1. The van der Waals surface area contributed by atoms with Gasteiger partial charge in [-0.05, 0) is 30.7 Å². The minimum atomic E-state index is -0.485. The zero-order valence-electron chi connectivity index (χ0n) is 13.6. The lowest BCUT2D eigenvalue weighted by molar-refractivity contribution is -0.385. The van der Waals surface area contributed by atoms with Crippen LogP contribution < -0.4 is 10.3 Å². The number of hydrogen-bond donors (Lipinski definition) is 0. The van der Waals surface area contributed by atoms with Crippen molar-refractivity contribution in [1.82, 2.24) is 9.55 Å². The van der Waals surface area contributed by atoms with Gasteiger partial charge in [-0.2, -0.15) is 0 Å². The highest BCUT2D eigenvalue weighted by atomic mass is 32.1. The molecule has 0 radical (unpaired) electrons. The molecule has 0 fully saturated rings. The molecule has 7 nitrogen and oxygen atoms in total. The van der Waals surface area contributed by atoms with Crippen LogP contribution in [0.3, 0.4) is 0 Å². The highest BCUT2D eigenvalue weighted by Crippen LogP contribution is 2.32. The monoisotopic (exact) mass is 357 g/mol. The fourth-order valence-electron chi connectivity index (χ4n) is 2.39. The predicted molar refractivity (Wildman–Crippen MR) is 95.3 cm³/mol. The van der Waals surface area contributed by atoms with E-state index in [1.807, 2.05) is 18.4 Å². The lowest BCUT2D eigenvalue weighted by Gasteiger charge is -2.04. The summed E-state index contributed by atoms with van der Waals surface area (Å²) in [6.45, 7) is 2.23. The lowest BCUT2D eigenvalue weighted by Crippen LogP contribution is -2.19. The third-order valence-corrected chi connectivity index (χ3v) is 4.51. The molecular weight excluding hydrogens is 342 g/mol. The number of nitrogens with zero attached hydrogens (tertiary/aromatic N) is 3. The summed E-state index contributed by atoms with van der Waals surface area (Å²) < 4.78 is 6.58. The standard InChI is InChI=1S/C17H15N3O4S/c1-11-5-6-19(17(21)7-11)9-16-18-13(10-25-16)12-3-4-15(24-2)14(8-12)20(22)23/h3-8,10H,9H2,1-2H3. The molecule has 8 heteroatoms. The summed E-state index contributed by atoms with van der Waals surface area (Å²) in [5.41, 5.74) is 1.98. The molecule has 0 atom stereocenters. The summed E-state index contributed by atoms with van der Waals surface area (Å²) in [5, 5.41) is 13.7. The van der Waals surface area contributed by atoms with E-state index in [0.717, 1.165) is 10.6 Å². The number of methoxy groups -OCH3 is 1. The normalized spacial score (nSPS) is 10.6. The van der Waals surface area contributed by atoms with Crippen LogP contribution in [-0.4, -0.2) is 21.6 Å². The largest absolute Gasteiger partial charge is 0.490 e. The zero-order valence-corrected chi connectivity index (χ0v) is 14.4. The maximum atomic E-state index is 12.0. The van der Waals surface area contributed by atoms with E-state index in [9.17, 15) is 14.9 Å². The van der Waals surface area contributed by atoms with Crippen molar-refractivity contribution in [2.45, 2.75) is 13.5 Å². The first-order valence-electron chi connectivity index (χ1n) is 7.42. The average molecular weight is 357 g/mol. The molecule has 0 spiro atoms. The summed E-state index contributed by atoms with van der Waals surface area (Å²) in [6.07, 6.45) is 1.73. The van der Waals surface area contributed by atoms with Crippen LogP contribution in [0.1, 0.15) is 10.6 Å². The number of pyridine rings is 1. The molecule has 0 bridgehead atoms. The van der Waals surface area contributed by atoms with Crippen molar-refractivity contribution in [1.29, 1.82) is 0 Å². The Balaban J connectivity index is 1.90. The van der Waals surface area contributed by atoms with E-state index < -0.39 is 4.92 Å². The third-order valence-electron chi connectivity index (χ3n) is 3.68. The van der Waals surface area contributed by atoms with Crippen LogP contribution in [0.15, 0.2) is 46.7 Å². The second-order valence-electron chi connectivity index (χ2n) is 5.44. The van der Waals surface area contributed by atoms with Gasteiger partial charge in [-0.15, -0.1) is 11.3 Å². The highest BCUT2D eigenvalue weighted by molar-refractivity contribution is 7.09. The van der Waals surface area contributed by atoms with Gasteiger partial charge in [-0.1, -0.05) is 0 Å². The van der Waals surface area contributed by atoms with Crippen molar-refractivity contribution >= 4 is 17.0 Å². The zero-order chi connectivity index (χ0) is 18.0. The van der Waals surface area contributed by atoms with Gasteiger partial charge >= 0.3 is 5.69 Å². The number of nitro groups is 1. The maximum Gasteiger partial charge on any atom is 0.311 e. The smallest absolute Gasteiger partial charge is 0.311 e. The summed E-state index contributed by atoms with van der Waals surface area (Å²) >= 11 is 1.40. The molecule has 1 aromatic carbocycles. The van der Waals surface area contributed by atoms with Gasteiger partial charge in [0.05, 0.1) is 24.3 Å². The summed E-state index contributed by atoms with van der Waals surface area (Å²) in [7, 11) is 1.39. The molecule has 128 valence electrons. The molecule has 0 unspecified atom stereocenters. The predicted octanol–water partition coefficient (Wildman–Crippen LogP) is 3.25. The van der Waals surface area contributed by atoms with E-state index >= 15 is 0 Å². The number of thiazole rings is 1. The van der Waals surface area contributed by atoms with Gasteiger partial charge in [0.25, 0.3) is 5.56 Å². The summed E-state index contributed by atoms with van der Waals surface area (Å²) in [5.74, 6) is 0.204. The van der Waals surface area contributed by atoms with Crippen LogP contribution in [-0.2, 0) is 6.54 Å². The molecule has 0 N–H and O–H groups in total. The van der Waals surface area contributed by atoms with E-state index in [0.29, 0.717) is 17.8 Å². The molecule has 0 aliphatic carbocycles. The molecule has 25 heavy (non-hydrogen) atoms. The van der Waals surface area contributed by atoms with Crippen LogP contribution in [0.4, 0.5) is 5.69 Å². The fraction of sp³-hybridized carbons (Fsp3) is 0.176. The van der Waals surface area contributed by atoms with Crippen LogP contribution in [0, 0.1) is 17.0 Å². The van der Waals surface area contributed by atoms with Crippen molar-refractivity contribution in [3.05, 3.63) is 72.9 Å². The van der Waals surface area contributed by atoms with Gasteiger partial charge in [0.1, 0.15) is 5.01 Å². The fourth-order valence-corrected chi connectivity index (χ4v) is 3.19. The van der Waals surface area contributed by atoms with Gasteiger partial charge in [-0.3, -0.25) is 14.9 Å². The van der Waals surface area contributed by atoms with Gasteiger partial charge < -0.3 is 9.30 Å². The SMILES string of the molecule is COc1ccc(-c2csc(Cn3ccc(C)cc3=O)n2)cc1[N+](=O)[O-]. The van der Waals surface area contributed by atoms with E-state index in [4.69, 9.17) is 4.74 Å². The number of hydrogen-bond acceptors (Lipinski definition) is 6. The Bertz CT molecular complexity index is 994. The molecule has 0 aliphatic heterocycles. The molecule has 0 amide bonds. The Morgan fingerprint density at radius 1 is 1.32 bits per heavy atom. The number of aryl methyl sites for hydroxylation is 1. The molecule has 2 heterocycles. The van der Waals surface area contributed by atoms with Gasteiger partial charge in [-0.25, -0.2) is 4.98 Å². The Morgan fingerprint density at radius 2 is 2.12 bits per heavy atom. The Hall–Kier alpha value is -3.00. The van der Waals surface area contributed by atoms with E-state index in [2.05, 4.69) is 4.98 Å². The van der Waals surface area contributed by atoms with Crippen molar-refractivity contribution in [2.24, 2.45) is 0 Å². The molecule has 2 aromatic heterocycles. The Kier molecular flexibility index (Phi) is 4.62. The Labute approximate surface area is 147 Å². The van der Waals surface area contributed by atoms with Crippen molar-refractivity contribution in [3.8, 4) is 17.0 Å². The summed E-state index contributed by atoms with van der Waals surface area (Å²) in [6, 6.07) is 8.15. The molecule has 0 saturated heterocycles. The number of aromatic nitrogens is 2. The second kappa shape index (κ2) is 6.86. The average Bonchev–Trinajstić information content (AvgIpc) is 3.05. The quantitative estimate of drug-likeness (QED) is 0.517. The van der Waals surface area contributed by atoms with Crippen molar-refractivity contribution < 1.29 is 9.66 Å². The van der Waals surface area contributed by atoms with Gasteiger partial charge in [0.2, 0.25) is 0 Å². The second-order valence-corrected chi connectivity index (χ2v) is 6.38. The van der Waals surface area contributed by atoms with Crippen LogP contribution in [0.5, 0.6) is 5.75 Å². The van der Waals surface area contributed by atoms with E-state index in [-0.39, 0.29) is 17.0 Å². The van der Waals surface area contributed by atoms with Crippen LogP contribution in [0.2, 0.25) is 0 Å². The van der Waals surface area contributed by atoms with Crippen molar-refractivity contribution in [2.75, 3.05) is 7.11 Å². The van der Waals surface area contributed by atoms with E-state index in [1.54, 1.807) is 29.0 Å². The Morgan fingerprint density at radius 3 is 2.80 bits per heavy atom. The molecule has 3 rings (SSSR count). The number of benzene rings is 1. The topological polar surface area (TPSA) is 87.3 Å². The molecule has 0 aliphatic rings. The first-order chi connectivity index (χ1) is 12.0. The van der Waals surface area contributed by atoms with Gasteiger partial charge in [0, 0.05) is 29.3 Å². The minimum Gasteiger partial charge on any atom is -0.490 e. The molecule has 3 aromatic rings. The highest BCUT2D eigenvalue weighted by Gasteiger charge is 2.17. The third kappa shape index (κ3) is 3.58. The van der Waals surface area contributed by atoms with Crippen LogP contribution >= 0.6 is 11.3 Å². The van der Waals surface area contributed by atoms with Gasteiger partial charge in [0.15, 0.2) is 5.75 Å². The molecule has 0 saturated carbocycles.